The minimum absolute atomic E-state index is 0.116. The van der Waals surface area contributed by atoms with Crippen molar-refractivity contribution >= 4 is 15.5 Å². The fourth-order valence-electron chi connectivity index (χ4n) is 0.882. The Morgan fingerprint density at radius 2 is 2.08 bits per heavy atom. The number of hydrogen-bond acceptors (Lipinski definition) is 4. The molecule has 1 aromatic heterocycles. The summed E-state index contributed by atoms with van der Waals surface area (Å²) < 4.78 is 23.3. The maximum absolute atomic E-state index is 11.6. The molecule has 0 bridgehead atoms. The van der Waals surface area contributed by atoms with Crippen molar-refractivity contribution in [3.63, 3.8) is 0 Å². The smallest absolute Gasteiger partial charge is 0.184 e. The molecule has 4 nitrogen and oxygen atoms in total. The first-order chi connectivity index (χ1) is 5.96. The third kappa shape index (κ3) is 1.80. The highest BCUT2D eigenvalue weighted by Crippen LogP contribution is 2.20. The summed E-state index contributed by atoms with van der Waals surface area (Å²) in [6, 6.07) is 1.48. The Morgan fingerprint density at radius 3 is 2.54 bits per heavy atom. The van der Waals surface area contributed by atoms with Gasteiger partial charge in [0, 0.05) is 12.4 Å². The third-order valence-electron chi connectivity index (χ3n) is 1.74. The molecule has 1 rings (SSSR count). The van der Waals surface area contributed by atoms with Gasteiger partial charge in [0.15, 0.2) is 9.84 Å². The number of sulfone groups is 1. The van der Waals surface area contributed by atoms with Crippen molar-refractivity contribution in [2.45, 2.75) is 24.0 Å². The van der Waals surface area contributed by atoms with E-state index in [1.54, 1.807) is 13.8 Å². The van der Waals surface area contributed by atoms with Crippen molar-refractivity contribution in [1.29, 1.82) is 0 Å². The van der Waals surface area contributed by atoms with Crippen molar-refractivity contribution in [1.82, 2.24) is 4.98 Å². The molecule has 0 aromatic carbocycles. The van der Waals surface area contributed by atoms with Crippen LogP contribution in [-0.2, 0) is 9.84 Å². The summed E-state index contributed by atoms with van der Waals surface area (Å²) in [4.78, 5) is 3.85. The highest BCUT2D eigenvalue weighted by atomic mass is 32.2. The summed E-state index contributed by atoms with van der Waals surface area (Å²) in [5.74, 6) is 0. The van der Waals surface area contributed by atoms with Crippen LogP contribution < -0.4 is 5.73 Å². The van der Waals surface area contributed by atoms with Crippen molar-refractivity contribution in [2.75, 3.05) is 5.73 Å². The number of anilines is 1. The Labute approximate surface area is 77.7 Å². The average molecular weight is 200 g/mol. The van der Waals surface area contributed by atoms with Gasteiger partial charge in [-0.2, -0.15) is 0 Å². The van der Waals surface area contributed by atoms with Gasteiger partial charge >= 0.3 is 0 Å². The molecule has 2 N–H and O–H groups in total. The number of hydrogen-bond donors (Lipinski definition) is 1. The van der Waals surface area contributed by atoms with E-state index in [4.69, 9.17) is 5.73 Å². The minimum Gasteiger partial charge on any atom is -0.398 e. The van der Waals surface area contributed by atoms with Gasteiger partial charge in [0.2, 0.25) is 0 Å². The van der Waals surface area contributed by atoms with Gasteiger partial charge in [-0.3, -0.25) is 4.98 Å². The molecule has 13 heavy (non-hydrogen) atoms. The van der Waals surface area contributed by atoms with Crippen LogP contribution in [0.15, 0.2) is 23.4 Å². The van der Waals surface area contributed by atoms with Crippen LogP contribution in [-0.4, -0.2) is 18.7 Å². The largest absolute Gasteiger partial charge is 0.398 e. The number of nitrogens with zero attached hydrogens (tertiary/aromatic N) is 1. The Hall–Kier alpha value is -1.10. The van der Waals surface area contributed by atoms with Crippen LogP contribution in [0.2, 0.25) is 0 Å². The molecule has 0 fully saturated rings. The van der Waals surface area contributed by atoms with E-state index in [9.17, 15) is 8.42 Å². The highest BCUT2D eigenvalue weighted by Gasteiger charge is 2.21. The molecular formula is C8H12N2O2S. The normalized spacial score (nSPS) is 11.9. The molecule has 1 aromatic rings. The summed E-state index contributed by atoms with van der Waals surface area (Å²) in [5, 5.41) is -0.473. The lowest BCUT2D eigenvalue weighted by atomic mass is 10.4. The fraction of sp³-hybridized carbons (Fsp3) is 0.375. The predicted octanol–water partition coefficient (Wildman–Crippen LogP) is 0.846. The topological polar surface area (TPSA) is 73.0 Å². The van der Waals surface area contributed by atoms with Crippen molar-refractivity contribution in [2.24, 2.45) is 0 Å². The summed E-state index contributed by atoms with van der Waals surface area (Å²) in [5.41, 5.74) is 5.78. The number of pyridine rings is 1. The Bertz CT molecular complexity index is 398. The highest BCUT2D eigenvalue weighted by molar-refractivity contribution is 7.92. The lowest BCUT2D eigenvalue weighted by Crippen LogP contribution is -2.15. The molecule has 0 atom stereocenters. The van der Waals surface area contributed by atoms with Gasteiger partial charge in [-0.05, 0) is 19.9 Å². The quantitative estimate of drug-likeness (QED) is 0.768. The molecule has 0 saturated carbocycles. The zero-order valence-corrected chi connectivity index (χ0v) is 8.38. The molecule has 1 heterocycles. The first-order valence-electron chi connectivity index (χ1n) is 3.89. The number of rotatable bonds is 2. The zero-order valence-electron chi connectivity index (χ0n) is 7.56. The van der Waals surface area contributed by atoms with Crippen LogP contribution in [0.4, 0.5) is 5.69 Å². The molecule has 0 aliphatic carbocycles. The van der Waals surface area contributed by atoms with Gasteiger partial charge in [0.05, 0.1) is 10.9 Å². The molecule has 5 heteroatoms. The summed E-state index contributed by atoms with van der Waals surface area (Å²) in [7, 11) is -3.30. The fourth-order valence-corrected chi connectivity index (χ4v) is 1.99. The molecule has 0 aliphatic rings. The van der Waals surface area contributed by atoms with E-state index in [0.717, 1.165) is 0 Å². The van der Waals surface area contributed by atoms with Gasteiger partial charge in [-0.1, -0.05) is 0 Å². The zero-order chi connectivity index (χ0) is 10.1. The summed E-state index contributed by atoms with van der Waals surface area (Å²) in [6.07, 6.45) is 2.75. The van der Waals surface area contributed by atoms with Gasteiger partial charge in [-0.25, -0.2) is 8.42 Å². The van der Waals surface area contributed by atoms with E-state index in [1.807, 2.05) is 0 Å². The van der Waals surface area contributed by atoms with Crippen molar-refractivity contribution in [3.05, 3.63) is 18.5 Å². The van der Waals surface area contributed by atoms with Crippen LogP contribution >= 0.6 is 0 Å². The molecule has 72 valence electrons. The molecular weight excluding hydrogens is 188 g/mol. The number of nitrogen functional groups attached to an aromatic ring is 1. The van der Waals surface area contributed by atoms with E-state index in [0.29, 0.717) is 0 Å². The van der Waals surface area contributed by atoms with Crippen LogP contribution in [0.25, 0.3) is 0 Å². The van der Waals surface area contributed by atoms with Gasteiger partial charge in [0.1, 0.15) is 4.90 Å². The molecule has 0 amide bonds. The van der Waals surface area contributed by atoms with Crippen LogP contribution in [0, 0.1) is 0 Å². The molecule has 0 aliphatic heterocycles. The third-order valence-corrected chi connectivity index (χ3v) is 3.94. The van der Waals surface area contributed by atoms with Crippen molar-refractivity contribution in [3.8, 4) is 0 Å². The standard InChI is InChI=1S/C8H12N2O2S/c1-6(2)13(11,12)8-5-10-4-3-7(8)9/h3-6H,1-2H3,(H2,9,10). The number of aromatic nitrogens is 1. The second-order valence-corrected chi connectivity index (χ2v) is 5.48. The molecule has 0 spiro atoms. The summed E-state index contributed by atoms with van der Waals surface area (Å²) in [6.45, 7) is 3.23. The van der Waals surface area contributed by atoms with Crippen LogP contribution in [0.3, 0.4) is 0 Å². The average Bonchev–Trinajstić information content (AvgIpc) is 2.04. The SMILES string of the molecule is CC(C)S(=O)(=O)c1cnccc1N. The van der Waals surface area contributed by atoms with Crippen molar-refractivity contribution < 1.29 is 8.42 Å². The maximum atomic E-state index is 11.6. The van der Waals surface area contributed by atoms with E-state index in [2.05, 4.69) is 4.98 Å². The Morgan fingerprint density at radius 1 is 1.46 bits per heavy atom. The number of nitrogens with two attached hydrogens (primary N) is 1. The Balaban J connectivity index is 3.32. The van der Waals surface area contributed by atoms with E-state index < -0.39 is 15.1 Å². The van der Waals surface area contributed by atoms with Crippen LogP contribution in [0.1, 0.15) is 13.8 Å². The summed E-state index contributed by atoms with van der Waals surface area (Å²) >= 11 is 0. The van der Waals surface area contributed by atoms with Crippen LogP contribution in [0.5, 0.6) is 0 Å². The van der Waals surface area contributed by atoms with Gasteiger partial charge < -0.3 is 5.73 Å². The van der Waals surface area contributed by atoms with Gasteiger partial charge in [-0.15, -0.1) is 0 Å². The minimum atomic E-state index is -3.30. The second-order valence-electron chi connectivity index (χ2n) is 3.01. The molecule has 0 unspecified atom stereocenters. The molecule has 0 radical (unpaired) electrons. The first kappa shape index (κ1) is 9.98. The van der Waals surface area contributed by atoms with E-state index >= 15 is 0 Å². The van der Waals surface area contributed by atoms with E-state index in [-0.39, 0.29) is 10.6 Å². The predicted molar refractivity (Wildman–Crippen MR) is 51.0 cm³/mol. The molecule has 0 saturated heterocycles. The second kappa shape index (κ2) is 3.33. The van der Waals surface area contributed by atoms with Gasteiger partial charge in [0.25, 0.3) is 0 Å². The lowest BCUT2D eigenvalue weighted by molar-refractivity contribution is 0.587. The first-order valence-corrected chi connectivity index (χ1v) is 5.44. The monoisotopic (exact) mass is 200 g/mol. The van der Waals surface area contributed by atoms with E-state index in [1.165, 1.54) is 18.5 Å². The maximum Gasteiger partial charge on any atom is 0.184 e. The Kier molecular flexibility index (Phi) is 2.56. The lowest BCUT2D eigenvalue weighted by Gasteiger charge is -2.08.